The fourth-order valence-electron chi connectivity index (χ4n) is 4.63. The largest absolute Gasteiger partial charge is 0.489 e. The van der Waals surface area contributed by atoms with E-state index in [1.54, 1.807) is 22.9 Å². The second-order valence-corrected chi connectivity index (χ2v) is 8.87. The van der Waals surface area contributed by atoms with Crippen LogP contribution >= 0.6 is 0 Å². The lowest BCUT2D eigenvalue weighted by Gasteiger charge is -2.37. The maximum absolute atomic E-state index is 13.3. The summed E-state index contributed by atoms with van der Waals surface area (Å²) < 4.78 is 9.79. The minimum Gasteiger partial charge on any atom is -0.489 e. The SMILES string of the molecule is CCn1nc(C)cc1C(=O)Nc1nc2cc(C(N)=O)cc3c2n1[C@@](C)(Cc1ccccc1)CO3. The van der Waals surface area contributed by atoms with Gasteiger partial charge in [0.15, 0.2) is 0 Å². The molecule has 1 aliphatic rings. The molecule has 3 heterocycles. The third-order valence-corrected chi connectivity index (χ3v) is 6.17. The quantitative estimate of drug-likeness (QED) is 0.460. The van der Waals surface area contributed by atoms with Crippen molar-refractivity contribution >= 4 is 28.8 Å². The van der Waals surface area contributed by atoms with Crippen molar-refractivity contribution in [2.75, 3.05) is 11.9 Å². The van der Waals surface area contributed by atoms with Crippen molar-refractivity contribution in [1.29, 1.82) is 0 Å². The highest BCUT2D eigenvalue weighted by atomic mass is 16.5. The summed E-state index contributed by atoms with van der Waals surface area (Å²) in [5, 5.41) is 7.36. The van der Waals surface area contributed by atoms with Crippen LogP contribution in [0.3, 0.4) is 0 Å². The van der Waals surface area contributed by atoms with Gasteiger partial charge in [-0.1, -0.05) is 30.3 Å². The van der Waals surface area contributed by atoms with E-state index < -0.39 is 11.4 Å². The number of hydrogen-bond acceptors (Lipinski definition) is 5. The van der Waals surface area contributed by atoms with Crippen molar-refractivity contribution in [3.63, 3.8) is 0 Å². The van der Waals surface area contributed by atoms with Gasteiger partial charge in [-0.15, -0.1) is 0 Å². The Hall–Kier alpha value is -4.14. The van der Waals surface area contributed by atoms with Crippen molar-refractivity contribution in [2.45, 2.75) is 39.3 Å². The molecule has 174 valence electrons. The smallest absolute Gasteiger partial charge is 0.276 e. The zero-order chi connectivity index (χ0) is 24.0. The molecule has 0 bridgehead atoms. The molecular weight excluding hydrogens is 432 g/mol. The number of nitrogens with zero attached hydrogens (tertiary/aromatic N) is 4. The second kappa shape index (κ2) is 8.02. The molecule has 0 radical (unpaired) electrons. The Balaban J connectivity index is 1.65. The van der Waals surface area contributed by atoms with Crippen LogP contribution in [0.4, 0.5) is 5.95 Å². The van der Waals surface area contributed by atoms with E-state index in [1.807, 2.05) is 36.6 Å². The van der Waals surface area contributed by atoms with E-state index in [4.69, 9.17) is 15.5 Å². The zero-order valence-corrected chi connectivity index (χ0v) is 19.3. The maximum Gasteiger partial charge on any atom is 0.276 e. The first-order valence-corrected chi connectivity index (χ1v) is 11.2. The van der Waals surface area contributed by atoms with Crippen LogP contribution in [0.2, 0.25) is 0 Å². The van der Waals surface area contributed by atoms with Gasteiger partial charge in [0.05, 0.1) is 16.7 Å². The van der Waals surface area contributed by atoms with E-state index in [-0.39, 0.29) is 5.91 Å². The van der Waals surface area contributed by atoms with E-state index >= 15 is 0 Å². The molecule has 9 nitrogen and oxygen atoms in total. The predicted molar refractivity (Wildman–Crippen MR) is 128 cm³/mol. The number of aryl methyl sites for hydroxylation is 2. The number of carbonyl (C=O) groups is 2. The van der Waals surface area contributed by atoms with E-state index in [0.29, 0.717) is 53.6 Å². The third-order valence-electron chi connectivity index (χ3n) is 6.17. The summed E-state index contributed by atoms with van der Waals surface area (Å²) in [4.78, 5) is 29.9. The average molecular weight is 459 g/mol. The molecule has 0 saturated heterocycles. The topological polar surface area (TPSA) is 117 Å². The summed E-state index contributed by atoms with van der Waals surface area (Å²) in [5.41, 5.74) is 8.88. The molecule has 0 unspecified atom stereocenters. The Labute approximate surface area is 196 Å². The number of benzene rings is 2. The van der Waals surface area contributed by atoms with Crippen molar-refractivity contribution in [1.82, 2.24) is 19.3 Å². The summed E-state index contributed by atoms with van der Waals surface area (Å²) in [5.74, 6) is 0.0199. The highest BCUT2D eigenvalue weighted by molar-refractivity contribution is 6.04. The molecule has 1 aliphatic heterocycles. The summed E-state index contributed by atoms with van der Waals surface area (Å²) in [6.45, 7) is 6.75. The first-order chi connectivity index (χ1) is 16.3. The molecule has 5 rings (SSSR count). The Bertz CT molecular complexity index is 1420. The van der Waals surface area contributed by atoms with Gasteiger partial charge >= 0.3 is 0 Å². The number of carbonyl (C=O) groups excluding carboxylic acids is 2. The van der Waals surface area contributed by atoms with Gasteiger partial charge in [0.25, 0.3) is 5.91 Å². The minimum absolute atomic E-state index is 0.302. The number of nitrogens with one attached hydrogen (secondary N) is 1. The van der Waals surface area contributed by atoms with Gasteiger partial charge in [0, 0.05) is 12.1 Å². The lowest BCUT2D eigenvalue weighted by atomic mass is 9.91. The molecule has 3 N–H and O–H groups in total. The molecule has 0 aliphatic carbocycles. The Kier molecular flexibility index (Phi) is 5.11. The van der Waals surface area contributed by atoms with E-state index in [0.717, 1.165) is 11.3 Å². The Morgan fingerprint density at radius 2 is 1.97 bits per heavy atom. The van der Waals surface area contributed by atoms with Crippen molar-refractivity contribution in [2.24, 2.45) is 5.73 Å². The van der Waals surface area contributed by atoms with Crippen LogP contribution in [0.1, 0.15) is 46.0 Å². The fourth-order valence-corrected chi connectivity index (χ4v) is 4.63. The second-order valence-electron chi connectivity index (χ2n) is 8.87. The number of imidazole rings is 1. The number of nitrogens with two attached hydrogens (primary N) is 1. The first kappa shape index (κ1) is 21.7. The highest BCUT2D eigenvalue weighted by Crippen LogP contribution is 2.41. The summed E-state index contributed by atoms with van der Waals surface area (Å²) >= 11 is 0. The molecule has 4 aromatic rings. The molecule has 9 heteroatoms. The summed E-state index contributed by atoms with van der Waals surface area (Å²) in [7, 11) is 0. The van der Waals surface area contributed by atoms with E-state index in [2.05, 4.69) is 29.5 Å². The van der Waals surface area contributed by atoms with Crippen LogP contribution < -0.4 is 15.8 Å². The van der Waals surface area contributed by atoms with Crippen LogP contribution in [0, 0.1) is 6.92 Å². The van der Waals surface area contributed by atoms with Crippen molar-refractivity contribution in [3.05, 3.63) is 71.0 Å². The van der Waals surface area contributed by atoms with Gasteiger partial charge in [0.2, 0.25) is 11.9 Å². The average Bonchev–Trinajstić information content (AvgIpc) is 3.38. The summed E-state index contributed by atoms with van der Waals surface area (Å²) in [6.07, 6.45) is 0.658. The standard InChI is InChI=1S/C25H26N6O3/c1-4-30-19(10-15(2)29-30)23(33)28-24-27-18-11-17(22(26)32)12-20-21(18)31(24)25(3,14-34-20)13-16-8-6-5-7-9-16/h5-12H,4,13-14H2,1-3H3,(H2,26,32)(H,27,28,33)/t25-/m0/s1. The van der Waals surface area contributed by atoms with Gasteiger partial charge in [-0.05, 0) is 51.0 Å². The number of ether oxygens (including phenoxy) is 1. The van der Waals surface area contributed by atoms with Crippen LogP contribution in [-0.2, 0) is 18.5 Å². The molecule has 0 fully saturated rings. The number of primary amides is 1. The van der Waals surface area contributed by atoms with Gasteiger partial charge in [-0.25, -0.2) is 4.98 Å². The van der Waals surface area contributed by atoms with Crippen LogP contribution in [0.25, 0.3) is 11.0 Å². The minimum atomic E-state index is -0.568. The number of aromatic nitrogens is 4. The molecule has 0 spiro atoms. The molecule has 2 amide bonds. The number of anilines is 1. The Morgan fingerprint density at radius 1 is 1.21 bits per heavy atom. The molecule has 0 saturated carbocycles. The molecular formula is C25H26N6O3. The van der Waals surface area contributed by atoms with E-state index in [9.17, 15) is 9.59 Å². The number of hydrogen-bond donors (Lipinski definition) is 2. The molecule has 34 heavy (non-hydrogen) atoms. The van der Waals surface area contributed by atoms with Crippen LogP contribution in [0.15, 0.2) is 48.5 Å². The van der Waals surface area contributed by atoms with Gasteiger partial charge < -0.3 is 10.5 Å². The van der Waals surface area contributed by atoms with Crippen LogP contribution in [0.5, 0.6) is 5.75 Å². The number of amides is 2. The van der Waals surface area contributed by atoms with E-state index in [1.165, 1.54) is 0 Å². The highest BCUT2D eigenvalue weighted by Gasteiger charge is 2.38. The summed E-state index contributed by atoms with van der Waals surface area (Å²) in [6, 6.07) is 15.1. The van der Waals surface area contributed by atoms with Crippen molar-refractivity contribution in [3.8, 4) is 5.75 Å². The van der Waals surface area contributed by atoms with Crippen LogP contribution in [-0.4, -0.2) is 37.8 Å². The lowest BCUT2D eigenvalue weighted by molar-refractivity contribution is 0.0995. The fraction of sp³-hybridized carbons (Fsp3) is 0.280. The number of rotatable bonds is 6. The van der Waals surface area contributed by atoms with Gasteiger partial charge in [-0.3, -0.25) is 24.2 Å². The Morgan fingerprint density at radius 3 is 2.68 bits per heavy atom. The van der Waals surface area contributed by atoms with Gasteiger partial charge in [0.1, 0.15) is 23.6 Å². The first-order valence-electron chi connectivity index (χ1n) is 11.2. The molecule has 2 aromatic carbocycles. The third kappa shape index (κ3) is 3.59. The lowest BCUT2D eigenvalue weighted by Crippen LogP contribution is -2.42. The zero-order valence-electron chi connectivity index (χ0n) is 19.3. The monoisotopic (exact) mass is 458 g/mol. The normalized spacial score (nSPS) is 16.9. The predicted octanol–water partition coefficient (Wildman–Crippen LogP) is 3.26. The van der Waals surface area contributed by atoms with Crippen molar-refractivity contribution < 1.29 is 14.3 Å². The molecule has 2 aromatic heterocycles. The maximum atomic E-state index is 13.3. The molecule has 1 atom stereocenters. The van der Waals surface area contributed by atoms with Gasteiger partial charge in [-0.2, -0.15) is 5.10 Å².